The number of benzene rings is 2. The maximum atomic E-state index is 12.4. The van der Waals surface area contributed by atoms with Crippen LogP contribution in [-0.2, 0) is 0 Å². The van der Waals surface area contributed by atoms with E-state index >= 15 is 0 Å². The summed E-state index contributed by atoms with van der Waals surface area (Å²) in [6.07, 6.45) is 0. The third kappa shape index (κ3) is 2.22. The molecule has 0 amide bonds. The zero-order valence-corrected chi connectivity index (χ0v) is 11.2. The van der Waals surface area contributed by atoms with Crippen molar-refractivity contribution in [1.29, 1.82) is 0 Å². The van der Waals surface area contributed by atoms with Crippen LogP contribution < -0.4 is 5.73 Å². The summed E-state index contributed by atoms with van der Waals surface area (Å²) >= 11 is 1.40. The zero-order valence-electron chi connectivity index (χ0n) is 10.4. The van der Waals surface area contributed by atoms with Crippen molar-refractivity contribution in [3.63, 3.8) is 0 Å². The zero-order chi connectivity index (χ0) is 13.4. The number of carbonyl (C=O) groups is 1. The van der Waals surface area contributed by atoms with Gasteiger partial charge in [-0.15, -0.1) is 0 Å². The summed E-state index contributed by atoms with van der Waals surface area (Å²) in [5.41, 5.74) is 9.01. The van der Waals surface area contributed by atoms with Gasteiger partial charge in [-0.25, -0.2) is 4.98 Å². The van der Waals surface area contributed by atoms with E-state index in [1.54, 1.807) is 6.07 Å². The predicted molar refractivity (Wildman–Crippen MR) is 78.6 cm³/mol. The van der Waals surface area contributed by atoms with Crippen LogP contribution in [0.25, 0.3) is 10.2 Å². The number of thiazole rings is 1. The molecule has 0 unspecified atom stereocenters. The lowest BCUT2D eigenvalue weighted by Gasteiger charge is -2.01. The first kappa shape index (κ1) is 11.9. The average molecular weight is 268 g/mol. The third-order valence-corrected chi connectivity index (χ3v) is 3.83. The van der Waals surface area contributed by atoms with Crippen molar-refractivity contribution >= 4 is 32.5 Å². The molecule has 0 aliphatic heterocycles. The van der Waals surface area contributed by atoms with Crippen LogP contribution in [0.4, 0.5) is 5.13 Å². The molecule has 2 N–H and O–H groups in total. The number of aromatic nitrogens is 1. The summed E-state index contributed by atoms with van der Waals surface area (Å²) in [5, 5.41) is 0.523. The molecule has 3 aromatic rings. The first-order valence-corrected chi connectivity index (χ1v) is 6.72. The van der Waals surface area contributed by atoms with Crippen LogP contribution in [0.1, 0.15) is 21.5 Å². The number of hydrogen-bond donors (Lipinski definition) is 1. The van der Waals surface area contributed by atoms with Crippen molar-refractivity contribution in [2.45, 2.75) is 6.92 Å². The quantitative estimate of drug-likeness (QED) is 0.724. The third-order valence-electron chi connectivity index (χ3n) is 2.98. The van der Waals surface area contributed by atoms with Crippen molar-refractivity contribution < 1.29 is 4.79 Å². The summed E-state index contributed by atoms with van der Waals surface area (Å²) in [7, 11) is 0. The molecule has 1 aromatic heterocycles. The molecule has 0 fully saturated rings. The van der Waals surface area contributed by atoms with Gasteiger partial charge in [0.25, 0.3) is 0 Å². The fourth-order valence-corrected chi connectivity index (χ4v) is 2.73. The SMILES string of the molecule is Cc1ccc(C(=O)c2ccc3nc(N)sc3c2)cc1. The van der Waals surface area contributed by atoms with Gasteiger partial charge >= 0.3 is 0 Å². The molecule has 94 valence electrons. The first-order chi connectivity index (χ1) is 9.13. The second-order valence-corrected chi connectivity index (χ2v) is 5.49. The Morgan fingerprint density at radius 3 is 2.53 bits per heavy atom. The van der Waals surface area contributed by atoms with E-state index in [-0.39, 0.29) is 5.78 Å². The fraction of sp³-hybridized carbons (Fsp3) is 0.0667. The van der Waals surface area contributed by atoms with Crippen molar-refractivity contribution in [3.05, 3.63) is 59.2 Å². The molecule has 1 heterocycles. The van der Waals surface area contributed by atoms with E-state index in [1.165, 1.54) is 11.3 Å². The molecule has 0 bridgehead atoms. The van der Waals surface area contributed by atoms with Gasteiger partial charge in [-0.3, -0.25) is 4.79 Å². The summed E-state index contributed by atoms with van der Waals surface area (Å²) in [5.74, 6) is 0.0221. The largest absolute Gasteiger partial charge is 0.375 e. The van der Waals surface area contributed by atoms with Gasteiger partial charge in [-0.2, -0.15) is 0 Å². The number of hydrogen-bond acceptors (Lipinski definition) is 4. The fourth-order valence-electron chi connectivity index (χ4n) is 1.96. The van der Waals surface area contributed by atoms with Gasteiger partial charge in [0, 0.05) is 11.1 Å². The van der Waals surface area contributed by atoms with Gasteiger partial charge in [0.15, 0.2) is 10.9 Å². The highest BCUT2D eigenvalue weighted by molar-refractivity contribution is 7.22. The summed E-state index contributed by atoms with van der Waals surface area (Å²) in [4.78, 5) is 16.5. The van der Waals surface area contributed by atoms with E-state index in [2.05, 4.69) is 4.98 Å². The molecule has 19 heavy (non-hydrogen) atoms. The molecule has 0 aliphatic carbocycles. The van der Waals surface area contributed by atoms with E-state index in [4.69, 9.17) is 5.73 Å². The Balaban J connectivity index is 2.03. The number of fused-ring (bicyclic) bond motifs is 1. The Labute approximate surface area is 114 Å². The lowest BCUT2D eigenvalue weighted by atomic mass is 10.0. The lowest BCUT2D eigenvalue weighted by molar-refractivity contribution is 0.103. The van der Waals surface area contributed by atoms with Crippen molar-refractivity contribution in [1.82, 2.24) is 4.98 Å². The topological polar surface area (TPSA) is 56.0 Å². The van der Waals surface area contributed by atoms with Gasteiger partial charge in [0.2, 0.25) is 0 Å². The van der Waals surface area contributed by atoms with E-state index < -0.39 is 0 Å². The molecule has 0 radical (unpaired) electrons. The van der Waals surface area contributed by atoms with Gasteiger partial charge in [-0.1, -0.05) is 41.2 Å². The predicted octanol–water partition coefficient (Wildman–Crippen LogP) is 3.42. The highest BCUT2D eigenvalue weighted by Crippen LogP contribution is 2.25. The van der Waals surface area contributed by atoms with Crippen LogP contribution in [0.15, 0.2) is 42.5 Å². The molecule has 0 aliphatic rings. The van der Waals surface area contributed by atoms with Crippen molar-refractivity contribution in [2.75, 3.05) is 5.73 Å². The summed E-state index contributed by atoms with van der Waals surface area (Å²) in [6.45, 7) is 2.00. The molecule has 0 atom stereocenters. The van der Waals surface area contributed by atoms with E-state index in [0.29, 0.717) is 16.3 Å². The van der Waals surface area contributed by atoms with Crippen LogP contribution in [0.3, 0.4) is 0 Å². The van der Waals surface area contributed by atoms with Gasteiger partial charge in [0.05, 0.1) is 10.2 Å². The molecule has 3 rings (SSSR count). The van der Waals surface area contributed by atoms with Gasteiger partial charge in [-0.05, 0) is 25.1 Å². The second-order valence-electron chi connectivity index (χ2n) is 4.43. The van der Waals surface area contributed by atoms with Crippen molar-refractivity contribution in [3.8, 4) is 0 Å². The minimum Gasteiger partial charge on any atom is -0.375 e. The van der Waals surface area contributed by atoms with Gasteiger partial charge < -0.3 is 5.73 Å². The van der Waals surface area contributed by atoms with E-state index in [9.17, 15) is 4.79 Å². The van der Waals surface area contributed by atoms with Crippen LogP contribution in [0, 0.1) is 6.92 Å². The minimum absolute atomic E-state index is 0.0221. The number of aryl methyl sites for hydroxylation is 1. The number of rotatable bonds is 2. The Morgan fingerprint density at radius 1 is 1.11 bits per heavy atom. The van der Waals surface area contributed by atoms with Crippen LogP contribution in [-0.4, -0.2) is 10.8 Å². The molecule has 3 nitrogen and oxygen atoms in total. The Kier molecular flexibility index (Phi) is 2.80. The Morgan fingerprint density at radius 2 is 1.79 bits per heavy atom. The average Bonchev–Trinajstić information content (AvgIpc) is 2.77. The standard InChI is InChI=1S/C15H12N2OS/c1-9-2-4-10(5-3-9)14(18)11-6-7-12-13(8-11)19-15(16)17-12/h2-8H,1H3,(H2,16,17). The summed E-state index contributed by atoms with van der Waals surface area (Å²) < 4.78 is 0.940. The van der Waals surface area contributed by atoms with Crippen LogP contribution in [0.2, 0.25) is 0 Å². The van der Waals surface area contributed by atoms with Crippen molar-refractivity contribution in [2.24, 2.45) is 0 Å². The maximum absolute atomic E-state index is 12.4. The number of nitrogens with two attached hydrogens (primary N) is 1. The highest BCUT2D eigenvalue weighted by Gasteiger charge is 2.10. The number of ketones is 1. The first-order valence-electron chi connectivity index (χ1n) is 5.91. The molecular weight excluding hydrogens is 256 g/mol. The molecule has 2 aromatic carbocycles. The lowest BCUT2D eigenvalue weighted by Crippen LogP contribution is -2.00. The molecule has 0 saturated heterocycles. The Hall–Kier alpha value is -2.20. The minimum atomic E-state index is 0.0221. The monoisotopic (exact) mass is 268 g/mol. The smallest absolute Gasteiger partial charge is 0.193 e. The second kappa shape index (κ2) is 4.48. The maximum Gasteiger partial charge on any atom is 0.193 e. The van der Waals surface area contributed by atoms with E-state index in [0.717, 1.165) is 15.8 Å². The number of anilines is 1. The number of carbonyl (C=O) groups excluding carboxylic acids is 1. The highest BCUT2D eigenvalue weighted by atomic mass is 32.1. The van der Waals surface area contributed by atoms with Crippen LogP contribution >= 0.6 is 11.3 Å². The normalized spacial score (nSPS) is 10.8. The number of nitrogens with zero attached hydrogens (tertiary/aromatic N) is 1. The molecular formula is C15H12N2OS. The molecule has 0 spiro atoms. The summed E-state index contributed by atoms with van der Waals surface area (Å²) in [6, 6.07) is 13.1. The van der Waals surface area contributed by atoms with Crippen LogP contribution in [0.5, 0.6) is 0 Å². The number of nitrogen functional groups attached to an aromatic ring is 1. The molecule has 4 heteroatoms. The van der Waals surface area contributed by atoms with Gasteiger partial charge in [0.1, 0.15) is 0 Å². The molecule has 0 saturated carbocycles. The Bertz CT molecular complexity index is 759. The van der Waals surface area contributed by atoms with E-state index in [1.807, 2.05) is 43.3 Å².